The number of hydrogen-bond acceptors (Lipinski definition) is 3. The highest BCUT2D eigenvalue weighted by atomic mass is 15.3. The zero-order chi connectivity index (χ0) is 12.8. The fraction of sp³-hybridized carbons (Fsp3) is 0.786. The summed E-state index contributed by atoms with van der Waals surface area (Å²) in [5.74, 6) is 0. The largest absolute Gasteiger partial charge is 0.315 e. The molecule has 4 nitrogen and oxygen atoms in total. The predicted molar refractivity (Wildman–Crippen MR) is 74.5 cm³/mol. The van der Waals surface area contributed by atoms with Crippen molar-refractivity contribution in [1.82, 2.24) is 20.0 Å². The molecule has 0 aliphatic carbocycles. The lowest BCUT2D eigenvalue weighted by Gasteiger charge is -2.24. The second kappa shape index (κ2) is 6.90. The van der Waals surface area contributed by atoms with Crippen molar-refractivity contribution in [2.75, 3.05) is 19.6 Å². The number of aryl methyl sites for hydroxylation is 1. The maximum Gasteiger partial charge on any atom is 0.0534 e. The fourth-order valence-electron chi connectivity index (χ4n) is 2.68. The van der Waals surface area contributed by atoms with Gasteiger partial charge in [-0.25, -0.2) is 0 Å². The van der Waals surface area contributed by atoms with Crippen LogP contribution in [0.3, 0.4) is 0 Å². The molecule has 1 saturated heterocycles. The van der Waals surface area contributed by atoms with Crippen LogP contribution in [0.2, 0.25) is 0 Å². The van der Waals surface area contributed by atoms with E-state index in [4.69, 9.17) is 0 Å². The maximum atomic E-state index is 4.35. The van der Waals surface area contributed by atoms with Crippen molar-refractivity contribution in [3.8, 4) is 0 Å². The average Bonchev–Trinajstić information content (AvgIpc) is 3.00. The molecule has 1 unspecified atom stereocenters. The van der Waals surface area contributed by atoms with Crippen molar-refractivity contribution < 1.29 is 0 Å². The van der Waals surface area contributed by atoms with Crippen LogP contribution in [0.25, 0.3) is 0 Å². The Labute approximate surface area is 110 Å². The van der Waals surface area contributed by atoms with Gasteiger partial charge in [0.1, 0.15) is 0 Å². The Hall–Kier alpha value is -0.870. The third kappa shape index (κ3) is 3.56. The number of likely N-dealkylation sites (tertiary alicyclic amines) is 1. The summed E-state index contributed by atoms with van der Waals surface area (Å²) >= 11 is 0. The molecule has 2 rings (SSSR count). The summed E-state index contributed by atoms with van der Waals surface area (Å²) in [4.78, 5) is 2.60. The molecule has 0 spiro atoms. The molecule has 1 atom stereocenters. The van der Waals surface area contributed by atoms with E-state index in [-0.39, 0.29) is 0 Å². The van der Waals surface area contributed by atoms with Crippen molar-refractivity contribution >= 4 is 0 Å². The number of rotatable bonds is 7. The molecule has 1 aromatic rings. The van der Waals surface area contributed by atoms with Crippen LogP contribution >= 0.6 is 0 Å². The van der Waals surface area contributed by atoms with Crippen molar-refractivity contribution in [2.24, 2.45) is 0 Å². The van der Waals surface area contributed by atoms with Crippen LogP contribution in [-0.2, 0) is 13.1 Å². The van der Waals surface area contributed by atoms with Crippen molar-refractivity contribution in [2.45, 2.75) is 52.2 Å². The molecule has 0 radical (unpaired) electrons. The summed E-state index contributed by atoms with van der Waals surface area (Å²) in [5, 5.41) is 7.90. The lowest BCUT2D eigenvalue weighted by Crippen LogP contribution is -2.37. The Kier molecular flexibility index (Phi) is 5.20. The van der Waals surface area contributed by atoms with Gasteiger partial charge in [0, 0.05) is 37.4 Å². The summed E-state index contributed by atoms with van der Waals surface area (Å²) in [7, 11) is 0. The minimum absolute atomic E-state index is 0.710. The number of aromatic nitrogens is 2. The first-order chi connectivity index (χ1) is 8.83. The van der Waals surface area contributed by atoms with Gasteiger partial charge in [0.15, 0.2) is 0 Å². The summed E-state index contributed by atoms with van der Waals surface area (Å²) < 4.78 is 2.01. The van der Waals surface area contributed by atoms with Gasteiger partial charge in [0.25, 0.3) is 0 Å². The lowest BCUT2D eigenvalue weighted by atomic mass is 10.2. The second-order valence-corrected chi connectivity index (χ2v) is 5.17. The third-order valence-electron chi connectivity index (χ3n) is 3.70. The summed E-state index contributed by atoms with van der Waals surface area (Å²) in [6.07, 6.45) is 8.07. The van der Waals surface area contributed by atoms with E-state index in [2.05, 4.69) is 35.4 Å². The molecular formula is C14H26N4. The van der Waals surface area contributed by atoms with Crippen molar-refractivity contribution in [3.63, 3.8) is 0 Å². The highest BCUT2D eigenvalue weighted by molar-refractivity contribution is 5.04. The van der Waals surface area contributed by atoms with Gasteiger partial charge < -0.3 is 5.32 Å². The van der Waals surface area contributed by atoms with E-state index in [9.17, 15) is 0 Å². The minimum atomic E-state index is 0.710. The summed E-state index contributed by atoms with van der Waals surface area (Å²) in [6.45, 7) is 9.87. The molecule has 1 aliphatic rings. The van der Waals surface area contributed by atoms with Gasteiger partial charge in [-0.3, -0.25) is 9.58 Å². The Morgan fingerprint density at radius 2 is 2.33 bits per heavy atom. The van der Waals surface area contributed by atoms with E-state index < -0.39 is 0 Å². The first kappa shape index (κ1) is 13.6. The number of nitrogens with one attached hydrogen (secondary N) is 1. The molecule has 0 bridgehead atoms. The highest BCUT2D eigenvalue weighted by Crippen LogP contribution is 2.19. The topological polar surface area (TPSA) is 33.1 Å². The van der Waals surface area contributed by atoms with Gasteiger partial charge in [-0.1, -0.05) is 6.92 Å². The van der Waals surface area contributed by atoms with Gasteiger partial charge in [0.05, 0.1) is 6.20 Å². The molecule has 4 heteroatoms. The third-order valence-corrected chi connectivity index (χ3v) is 3.70. The number of hydrogen-bond donors (Lipinski definition) is 1. The molecule has 102 valence electrons. The van der Waals surface area contributed by atoms with E-state index >= 15 is 0 Å². The van der Waals surface area contributed by atoms with Crippen molar-refractivity contribution in [3.05, 3.63) is 18.0 Å². The maximum absolute atomic E-state index is 4.35. The quantitative estimate of drug-likeness (QED) is 0.750. The Morgan fingerprint density at radius 1 is 1.44 bits per heavy atom. The van der Waals surface area contributed by atoms with Gasteiger partial charge >= 0.3 is 0 Å². The average molecular weight is 250 g/mol. The normalized spacial score (nSPS) is 20.7. The van der Waals surface area contributed by atoms with E-state index in [1.165, 1.54) is 31.4 Å². The first-order valence-corrected chi connectivity index (χ1v) is 7.29. The molecular weight excluding hydrogens is 224 g/mol. The lowest BCUT2D eigenvalue weighted by molar-refractivity contribution is 0.239. The van der Waals surface area contributed by atoms with Crippen LogP contribution in [0.4, 0.5) is 0 Å². The molecule has 18 heavy (non-hydrogen) atoms. The molecule has 1 aliphatic heterocycles. The second-order valence-electron chi connectivity index (χ2n) is 5.17. The molecule has 2 heterocycles. The van der Waals surface area contributed by atoms with E-state index in [1.807, 2.05) is 10.9 Å². The highest BCUT2D eigenvalue weighted by Gasteiger charge is 2.24. The monoisotopic (exact) mass is 250 g/mol. The first-order valence-electron chi connectivity index (χ1n) is 7.29. The van der Waals surface area contributed by atoms with Crippen LogP contribution in [-0.4, -0.2) is 40.4 Å². The molecule has 0 aromatic carbocycles. The Balaban J connectivity index is 1.83. The molecule has 1 N–H and O–H groups in total. The molecule has 0 saturated carbocycles. The standard InChI is InChI=1S/C14H26N4/c1-3-7-15-10-14-6-5-8-17(14)11-13-9-16-18(4-2)12-13/h9,12,14-15H,3-8,10-11H2,1-2H3. The molecule has 1 aromatic heterocycles. The number of nitrogens with zero attached hydrogens (tertiary/aromatic N) is 3. The minimum Gasteiger partial charge on any atom is -0.315 e. The van der Waals surface area contributed by atoms with Crippen LogP contribution in [0.5, 0.6) is 0 Å². The summed E-state index contributed by atoms with van der Waals surface area (Å²) in [6, 6.07) is 0.710. The Bertz CT molecular complexity index is 347. The van der Waals surface area contributed by atoms with E-state index in [0.29, 0.717) is 6.04 Å². The zero-order valence-electron chi connectivity index (χ0n) is 11.7. The van der Waals surface area contributed by atoms with Crippen LogP contribution in [0.15, 0.2) is 12.4 Å². The fourth-order valence-corrected chi connectivity index (χ4v) is 2.68. The van der Waals surface area contributed by atoms with Gasteiger partial charge in [0.2, 0.25) is 0 Å². The smallest absolute Gasteiger partial charge is 0.0534 e. The van der Waals surface area contributed by atoms with E-state index in [1.54, 1.807) is 0 Å². The zero-order valence-corrected chi connectivity index (χ0v) is 11.7. The van der Waals surface area contributed by atoms with Gasteiger partial charge in [-0.2, -0.15) is 5.10 Å². The Morgan fingerprint density at radius 3 is 3.06 bits per heavy atom. The van der Waals surface area contributed by atoms with Crippen LogP contribution in [0, 0.1) is 0 Å². The van der Waals surface area contributed by atoms with Gasteiger partial charge in [-0.15, -0.1) is 0 Å². The van der Waals surface area contributed by atoms with Gasteiger partial charge in [-0.05, 0) is 39.3 Å². The molecule has 0 amide bonds. The predicted octanol–water partition coefficient (Wildman–Crippen LogP) is 1.87. The summed E-state index contributed by atoms with van der Waals surface area (Å²) in [5.41, 5.74) is 1.35. The SMILES string of the molecule is CCCNCC1CCCN1Cc1cnn(CC)c1. The van der Waals surface area contributed by atoms with Crippen LogP contribution < -0.4 is 5.32 Å². The van der Waals surface area contributed by atoms with Crippen LogP contribution in [0.1, 0.15) is 38.7 Å². The molecule has 1 fully saturated rings. The van der Waals surface area contributed by atoms with Crippen molar-refractivity contribution in [1.29, 1.82) is 0 Å². The van der Waals surface area contributed by atoms with E-state index in [0.717, 1.165) is 26.2 Å².